The third kappa shape index (κ3) is 3.20. The van der Waals surface area contributed by atoms with Crippen LogP contribution < -0.4 is 0 Å². The van der Waals surface area contributed by atoms with Gasteiger partial charge in [-0.1, -0.05) is 61.6 Å². The van der Waals surface area contributed by atoms with Crippen LogP contribution in [-0.2, 0) is 0 Å². The summed E-state index contributed by atoms with van der Waals surface area (Å²) in [6.07, 6.45) is 9.48. The van der Waals surface area contributed by atoms with Gasteiger partial charge in [0.2, 0.25) is 0 Å². The molecule has 1 rings (SSSR count). The summed E-state index contributed by atoms with van der Waals surface area (Å²) in [7, 11) is 0. The van der Waals surface area contributed by atoms with Gasteiger partial charge in [-0.25, -0.2) is 0 Å². The van der Waals surface area contributed by atoms with Gasteiger partial charge in [0.1, 0.15) is 0 Å². The zero-order chi connectivity index (χ0) is 8.65. The Labute approximate surface area is 74.2 Å². The standard InChI is InChI=1S/C12H14/c1-2-3-4-6-9-12-10-7-5-8-11-12/h3-11H,2H2,1H3/b4-3-,9-6-. The average Bonchev–Trinajstić information content (AvgIpc) is 2.14. The van der Waals surface area contributed by atoms with Gasteiger partial charge in [-0.2, -0.15) is 0 Å². The van der Waals surface area contributed by atoms with Crippen molar-refractivity contribution in [3.05, 3.63) is 54.1 Å². The van der Waals surface area contributed by atoms with Gasteiger partial charge in [0, 0.05) is 0 Å². The third-order valence-corrected chi connectivity index (χ3v) is 1.57. The maximum atomic E-state index is 2.14. The van der Waals surface area contributed by atoms with E-state index in [0.29, 0.717) is 0 Å². The Bertz CT molecular complexity index is 255. The molecule has 0 aromatic heterocycles. The van der Waals surface area contributed by atoms with Crippen molar-refractivity contribution in [2.24, 2.45) is 0 Å². The molecule has 0 bridgehead atoms. The van der Waals surface area contributed by atoms with Crippen molar-refractivity contribution in [1.82, 2.24) is 0 Å². The summed E-state index contributed by atoms with van der Waals surface area (Å²) in [5, 5.41) is 0. The maximum absolute atomic E-state index is 2.14. The predicted molar refractivity (Wildman–Crippen MR) is 54.9 cm³/mol. The monoisotopic (exact) mass is 158 g/mol. The fourth-order valence-electron chi connectivity index (χ4n) is 0.945. The molecule has 0 spiro atoms. The lowest BCUT2D eigenvalue weighted by molar-refractivity contribution is 1.22. The van der Waals surface area contributed by atoms with E-state index in [1.165, 1.54) is 5.56 Å². The van der Waals surface area contributed by atoms with Gasteiger partial charge in [0.25, 0.3) is 0 Å². The summed E-state index contributed by atoms with van der Waals surface area (Å²) >= 11 is 0. The van der Waals surface area contributed by atoms with Crippen LogP contribution in [0, 0.1) is 0 Å². The van der Waals surface area contributed by atoms with Crippen LogP contribution in [0.2, 0.25) is 0 Å². The molecule has 0 saturated heterocycles. The van der Waals surface area contributed by atoms with Crippen molar-refractivity contribution in [3.63, 3.8) is 0 Å². The summed E-state index contributed by atoms with van der Waals surface area (Å²) < 4.78 is 0. The van der Waals surface area contributed by atoms with E-state index in [2.05, 4.69) is 43.4 Å². The highest BCUT2D eigenvalue weighted by Gasteiger charge is 1.78. The molecule has 1 aromatic rings. The summed E-state index contributed by atoms with van der Waals surface area (Å²) in [5.74, 6) is 0. The van der Waals surface area contributed by atoms with Gasteiger partial charge in [-0.05, 0) is 12.0 Å². The molecule has 0 radical (unpaired) electrons. The van der Waals surface area contributed by atoms with Crippen LogP contribution in [0.1, 0.15) is 18.9 Å². The molecule has 0 heteroatoms. The van der Waals surface area contributed by atoms with Crippen LogP contribution in [0.4, 0.5) is 0 Å². The smallest absolute Gasteiger partial charge is 0.0257 e. The zero-order valence-electron chi connectivity index (χ0n) is 7.40. The number of benzene rings is 1. The molecule has 0 heterocycles. The minimum atomic E-state index is 1.10. The lowest BCUT2D eigenvalue weighted by Gasteiger charge is -1.87. The van der Waals surface area contributed by atoms with Gasteiger partial charge in [0.05, 0.1) is 0 Å². The molecule has 0 unspecified atom stereocenters. The van der Waals surface area contributed by atoms with Gasteiger partial charge in [0.15, 0.2) is 0 Å². The summed E-state index contributed by atoms with van der Waals surface area (Å²) in [6, 6.07) is 10.3. The maximum Gasteiger partial charge on any atom is -0.0257 e. The molecule has 0 aliphatic rings. The van der Waals surface area contributed by atoms with E-state index < -0.39 is 0 Å². The molecule has 0 nitrogen and oxygen atoms in total. The van der Waals surface area contributed by atoms with Crippen LogP contribution in [-0.4, -0.2) is 0 Å². The van der Waals surface area contributed by atoms with Crippen molar-refractivity contribution >= 4 is 6.08 Å². The van der Waals surface area contributed by atoms with E-state index in [-0.39, 0.29) is 0 Å². The first-order chi connectivity index (χ1) is 5.93. The Morgan fingerprint density at radius 2 is 1.83 bits per heavy atom. The minimum absolute atomic E-state index is 1.10. The van der Waals surface area contributed by atoms with Gasteiger partial charge in [-0.3, -0.25) is 0 Å². The van der Waals surface area contributed by atoms with Crippen LogP contribution >= 0.6 is 0 Å². The number of allylic oxidation sites excluding steroid dienone is 3. The largest absolute Gasteiger partial charge is 0.0848 e. The molecule has 0 amide bonds. The van der Waals surface area contributed by atoms with Crippen molar-refractivity contribution in [2.45, 2.75) is 13.3 Å². The third-order valence-electron chi connectivity index (χ3n) is 1.57. The van der Waals surface area contributed by atoms with Gasteiger partial charge >= 0.3 is 0 Å². The fraction of sp³-hybridized carbons (Fsp3) is 0.167. The lowest BCUT2D eigenvalue weighted by atomic mass is 10.2. The first-order valence-electron chi connectivity index (χ1n) is 4.31. The molecule has 1 aromatic carbocycles. The molecule has 0 atom stereocenters. The summed E-state index contributed by atoms with van der Waals surface area (Å²) in [6.45, 7) is 2.13. The van der Waals surface area contributed by atoms with E-state index in [0.717, 1.165) is 6.42 Å². The molecule has 0 aliphatic carbocycles. The minimum Gasteiger partial charge on any atom is -0.0848 e. The summed E-state index contributed by atoms with van der Waals surface area (Å²) in [4.78, 5) is 0. The summed E-state index contributed by atoms with van der Waals surface area (Å²) in [5.41, 5.74) is 1.25. The van der Waals surface area contributed by atoms with E-state index in [4.69, 9.17) is 0 Å². The highest BCUT2D eigenvalue weighted by molar-refractivity contribution is 5.50. The molecule has 0 N–H and O–H groups in total. The fourth-order valence-corrected chi connectivity index (χ4v) is 0.945. The quantitative estimate of drug-likeness (QED) is 0.589. The van der Waals surface area contributed by atoms with Crippen molar-refractivity contribution in [1.29, 1.82) is 0 Å². The normalized spacial score (nSPS) is 11.4. The average molecular weight is 158 g/mol. The second-order valence-corrected chi connectivity index (χ2v) is 2.61. The highest BCUT2D eigenvalue weighted by atomic mass is 13.8. The highest BCUT2D eigenvalue weighted by Crippen LogP contribution is 2.00. The first kappa shape index (κ1) is 8.79. The molecular weight excluding hydrogens is 144 g/mol. The molecule has 0 fully saturated rings. The molecule has 12 heavy (non-hydrogen) atoms. The molecule has 62 valence electrons. The van der Waals surface area contributed by atoms with E-state index in [1.807, 2.05) is 18.2 Å². The Hall–Kier alpha value is -1.30. The Kier molecular flexibility index (Phi) is 3.93. The van der Waals surface area contributed by atoms with Crippen LogP contribution in [0.3, 0.4) is 0 Å². The number of hydrogen-bond acceptors (Lipinski definition) is 0. The zero-order valence-corrected chi connectivity index (χ0v) is 7.40. The number of rotatable bonds is 3. The van der Waals surface area contributed by atoms with Crippen molar-refractivity contribution < 1.29 is 0 Å². The van der Waals surface area contributed by atoms with Crippen LogP contribution in [0.5, 0.6) is 0 Å². The second-order valence-electron chi connectivity index (χ2n) is 2.61. The second kappa shape index (κ2) is 5.36. The van der Waals surface area contributed by atoms with Gasteiger partial charge < -0.3 is 0 Å². The van der Waals surface area contributed by atoms with Crippen LogP contribution in [0.15, 0.2) is 48.6 Å². The Morgan fingerprint density at radius 3 is 2.50 bits per heavy atom. The molecular formula is C12H14. The molecule has 0 saturated carbocycles. The van der Waals surface area contributed by atoms with Crippen LogP contribution in [0.25, 0.3) is 6.08 Å². The first-order valence-corrected chi connectivity index (χ1v) is 4.31. The SMILES string of the molecule is CC/C=C\C=C/c1ccccc1. The van der Waals surface area contributed by atoms with E-state index in [9.17, 15) is 0 Å². The Morgan fingerprint density at radius 1 is 1.08 bits per heavy atom. The van der Waals surface area contributed by atoms with Crippen molar-refractivity contribution in [2.75, 3.05) is 0 Å². The topological polar surface area (TPSA) is 0 Å². The lowest BCUT2D eigenvalue weighted by Crippen LogP contribution is -1.66. The van der Waals surface area contributed by atoms with E-state index in [1.54, 1.807) is 0 Å². The Balaban J connectivity index is 2.52. The number of hydrogen-bond donors (Lipinski definition) is 0. The van der Waals surface area contributed by atoms with E-state index >= 15 is 0 Å². The predicted octanol–water partition coefficient (Wildman–Crippen LogP) is 3.67. The molecule has 0 aliphatic heterocycles. The van der Waals surface area contributed by atoms with Gasteiger partial charge in [-0.15, -0.1) is 0 Å². The van der Waals surface area contributed by atoms with Crippen molar-refractivity contribution in [3.8, 4) is 0 Å².